The van der Waals surface area contributed by atoms with Gasteiger partial charge in [-0.2, -0.15) is 0 Å². The summed E-state index contributed by atoms with van der Waals surface area (Å²) in [7, 11) is 1.66. The third-order valence-electron chi connectivity index (χ3n) is 5.66. The number of nitrogens with zero attached hydrogens (tertiary/aromatic N) is 1. The van der Waals surface area contributed by atoms with Gasteiger partial charge in [0.2, 0.25) is 6.79 Å². The van der Waals surface area contributed by atoms with Crippen molar-refractivity contribution in [1.82, 2.24) is 0 Å². The van der Waals surface area contributed by atoms with E-state index in [4.69, 9.17) is 30.6 Å². The fraction of sp³-hybridized carbons (Fsp3) is 0.240. The Balaban J connectivity index is 1.36. The third kappa shape index (κ3) is 4.32. The number of methoxy groups -OCH3 is 1. The Morgan fingerprint density at radius 1 is 1.00 bits per heavy atom. The van der Waals surface area contributed by atoms with Crippen molar-refractivity contribution in [3.63, 3.8) is 0 Å². The summed E-state index contributed by atoms with van der Waals surface area (Å²) in [6.07, 6.45) is 1.01. The van der Waals surface area contributed by atoms with Crippen LogP contribution in [0.1, 0.15) is 29.0 Å². The smallest absolute Gasteiger partial charge is 0.231 e. The fourth-order valence-electron chi connectivity index (χ4n) is 3.86. The van der Waals surface area contributed by atoms with Gasteiger partial charge >= 0.3 is 0 Å². The van der Waals surface area contributed by atoms with E-state index in [1.165, 1.54) is 5.56 Å². The summed E-state index contributed by atoms with van der Waals surface area (Å²) in [5, 5.41) is 5.27. The van der Waals surface area contributed by atoms with Crippen LogP contribution in [0.4, 0.5) is 0 Å². The van der Waals surface area contributed by atoms with E-state index in [0.717, 1.165) is 40.5 Å². The first-order chi connectivity index (χ1) is 15.2. The summed E-state index contributed by atoms with van der Waals surface area (Å²) >= 11 is 5.96. The van der Waals surface area contributed by atoms with E-state index in [9.17, 15) is 0 Å². The van der Waals surface area contributed by atoms with Gasteiger partial charge < -0.3 is 19.0 Å². The molecule has 6 heteroatoms. The number of oxime groups is 1. The van der Waals surface area contributed by atoms with Crippen molar-refractivity contribution in [1.29, 1.82) is 0 Å². The minimum Gasteiger partial charge on any atom is -0.497 e. The van der Waals surface area contributed by atoms with Gasteiger partial charge in [-0.15, -0.1) is 0 Å². The number of halogens is 1. The predicted octanol–water partition coefficient (Wildman–Crippen LogP) is 5.80. The average molecular weight is 436 g/mol. The van der Waals surface area contributed by atoms with Crippen LogP contribution in [0.2, 0.25) is 5.02 Å². The maximum atomic E-state index is 5.96. The van der Waals surface area contributed by atoms with Crippen LogP contribution < -0.4 is 14.2 Å². The average Bonchev–Trinajstić information content (AvgIpc) is 3.45. The molecular weight excluding hydrogens is 414 g/mol. The SMILES string of the molecule is COc1ccc(/C(=N\OCc2ccc(Cl)cc2)C2CC2c2ccc3c(c2)OCO3)cc1. The van der Waals surface area contributed by atoms with E-state index in [2.05, 4.69) is 17.3 Å². The van der Waals surface area contributed by atoms with Gasteiger partial charge in [-0.1, -0.05) is 35.0 Å². The predicted molar refractivity (Wildman–Crippen MR) is 119 cm³/mol. The van der Waals surface area contributed by atoms with E-state index >= 15 is 0 Å². The molecule has 0 amide bonds. The van der Waals surface area contributed by atoms with Crippen molar-refractivity contribution in [2.75, 3.05) is 13.9 Å². The normalized spacial score (nSPS) is 19.2. The van der Waals surface area contributed by atoms with Crippen LogP contribution in [0.5, 0.6) is 17.2 Å². The number of hydrogen-bond acceptors (Lipinski definition) is 5. The molecule has 5 nitrogen and oxygen atoms in total. The third-order valence-corrected chi connectivity index (χ3v) is 5.91. The first-order valence-corrected chi connectivity index (χ1v) is 10.6. The highest BCUT2D eigenvalue weighted by atomic mass is 35.5. The summed E-state index contributed by atoms with van der Waals surface area (Å²) in [6, 6.07) is 21.7. The second kappa shape index (κ2) is 8.52. The van der Waals surface area contributed by atoms with Gasteiger partial charge in [-0.3, -0.25) is 0 Å². The number of fused-ring (bicyclic) bond motifs is 1. The maximum Gasteiger partial charge on any atom is 0.231 e. The van der Waals surface area contributed by atoms with Crippen LogP contribution in [-0.2, 0) is 11.4 Å². The molecule has 0 spiro atoms. The lowest BCUT2D eigenvalue weighted by Gasteiger charge is -2.09. The molecule has 0 radical (unpaired) electrons. The molecule has 0 bridgehead atoms. The number of benzene rings is 3. The lowest BCUT2D eigenvalue weighted by molar-refractivity contribution is 0.130. The van der Waals surface area contributed by atoms with Crippen molar-refractivity contribution in [2.24, 2.45) is 11.1 Å². The molecule has 0 aromatic heterocycles. The van der Waals surface area contributed by atoms with Crippen molar-refractivity contribution in [3.8, 4) is 17.2 Å². The van der Waals surface area contributed by atoms with Crippen molar-refractivity contribution >= 4 is 17.3 Å². The Hall–Kier alpha value is -3.18. The topological polar surface area (TPSA) is 49.3 Å². The Morgan fingerprint density at radius 2 is 1.77 bits per heavy atom. The number of hydrogen-bond donors (Lipinski definition) is 0. The first kappa shape index (κ1) is 19.8. The van der Waals surface area contributed by atoms with Crippen LogP contribution >= 0.6 is 11.6 Å². The molecule has 158 valence electrons. The van der Waals surface area contributed by atoms with Crippen molar-refractivity contribution < 1.29 is 19.0 Å². The van der Waals surface area contributed by atoms with E-state index in [0.29, 0.717) is 17.5 Å². The first-order valence-electron chi connectivity index (χ1n) is 10.2. The second-order valence-corrected chi connectivity index (χ2v) is 8.10. The quantitative estimate of drug-likeness (QED) is 0.347. The van der Waals surface area contributed by atoms with E-state index in [1.54, 1.807) is 7.11 Å². The number of ether oxygens (including phenoxy) is 3. The Bertz CT molecular complexity index is 1100. The van der Waals surface area contributed by atoms with Gasteiger partial charge in [0.05, 0.1) is 12.8 Å². The molecule has 3 aromatic carbocycles. The highest BCUT2D eigenvalue weighted by molar-refractivity contribution is 6.30. The van der Waals surface area contributed by atoms with Crippen LogP contribution in [0.15, 0.2) is 71.9 Å². The summed E-state index contributed by atoms with van der Waals surface area (Å²) < 4.78 is 16.3. The molecule has 1 aliphatic heterocycles. The molecule has 1 fully saturated rings. The van der Waals surface area contributed by atoms with Crippen molar-refractivity contribution in [2.45, 2.75) is 18.9 Å². The zero-order valence-corrected chi connectivity index (χ0v) is 17.8. The van der Waals surface area contributed by atoms with E-state index in [1.807, 2.05) is 54.6 Å². The van der Waals surface area contributed by atoms with E-state index in [-0.39, 0.29) is 12.7 Å². The van der Waals surface area contributed by atoms with E-state index < -0.39 is 0 Å². The number of rotatable bonds is 7. The maximum absolute atomic E-state index is 5.96. The molecule has 2 aliphatic rings. The Kier molecular flexibility index (Phi) is 5.43. The minimum atomic E-state index is 0.277. The Labute approximate surface area is 186 Å². The van der Waals surface area contributed by atoms with Crippen LogP contribution in [0.25, 0.3) is 0 Å². The largest absolute Gasteiger partial charge is 0.497 e. The molecule has 1 aliphatic carbocycles. The van der Waals surface area contributed by atoms with Gasteiger partial charge in [0.15, 0.2) is 11.5 Å². The molecule has 1 saturated carbocycles. The highest BCUT2D eigenvalue weighted by Crippen LogP contribution is 2.51. The zero-order chi connectivity index (χ0) is 21.2. The highest BCUT2D eigenvalue weighted by Gasteiger charge is 2.43. The molecule has 1 heterocycles. The molecule has 3 aromatic rings. The molecule has 0 saturated heterocycles. The summed E-state index contributed by atoms with van der Waals surface area (Å²) in [4.78, 5) is 5.76. The van der Waals surface area contributed by atoms with Gasteiger partial charge in [0.1, 0.15) is 12.4 Å². The molecule has 0 N–H and O–H groups in total. The Morgan fingerprint density at radius 3 is 2.55 bits per heavy atom. The second-order valence-electron chi connectivity index (χ2n) is 7.67. The standard InChI is InChI=1S/C25H22ClNO4/c1-28-20-9-4-17(5-10-20)25(27-31-14-16-2-7-19(26)8-3-16)22-13-21(22)18-6-11-23-24(12-18)30-15-29-23/h2-12,21-22H,13-15H2,1H3/b27-25+. The summed E-state index contributed by atoms with van der Waals surface area (Å²) in [5.41, 5.74) is 4.22. The summed E-state index contributed by atoms with van der Waals surface area (Å²) in [6.45, 7) is 0.669. The molecular formula is C25H22ClNO4. The molecule has 5 rings (SSSR count). The monoisotopic (exact) mass is 435 g/mol. The van der Waals surface area contributed by atoms with Gasteiger partial charge in [-0.25, -0.2) is 0 Å². The van der Waals surface area contributed by atoms with Gasteiger partial charge in [0.25, 0.3) is 0 Å². The minimum absolute atomic E-state index is 0.277. The lowest BCUT2D eigenvalue weighted by Crippen LogP contribution is -2.07. The van der Waals surface area contributed by atoms with Crippen molar-refractivity contribution in [3.05, 3.63) is 88.4 Å². The summed E-state index contributed by atoms with van der Waals surface area (Å²) in [5.74, 6) is 3.07. The lowest BCUT2D eigenvalue weighted by atomic mass is 10.0. The van der Waals surface area contributed by atoms with Gasteiger partial charge in [0, 0.05) is 10.9 Å². The molecule has 31 heavy (non-hydrogen) atoms. The van der Waals surface area contributed by atoms with Crippen LogP contribution in [0, 0.1) is 5.92 Å². The molecule has 2 unspecified atom stereocenters. The van der Waals surface area contributed by atoms with Gasteiger partial charge in [-0.05, 0) is 77.6 Å². The molecule has 2 atom stereocenters. The zero-order valence-electron chi connectivity index (χ0n) is 17.1. The van der Waals surface area contributed by atoms with Crippen LogP contribution in [0.3, 0.4) is 0 Å². The van der Waals surface area contributed by atoms with Crippen LogP contribution in [-0.4, -0.2) is 19.6 Å². The fourth-order valence-corrected chi connectivity index (χ4v) is 3.99.